The summed E-state index contributed by atoms with van der Waals surface area (Å²) in [6, 6.07) is 0. The summed E-state index contributed by atoms with van der Waals surface area (Å²) >= 11 is 4.79. The van der Waals surface area contributed by atoms with E-state index in [1.807, 2.05) is 0 Å². The molecule has 0 aliphatic heterocycles. The van der Waals surface area contributed by atoms with Crippen molar-refractivity contribution in [2.45, 2.75) is 6.17 Å². The molecule has 7 heavy (non-hydrogen) atoms. The first-order chi connectivity index (χ1) is 3.18. The highest BCUT2D eigenvalue weighted by molar-refractivity contribution is 6.66. The van der Waals surface area contributed by atoms with E-state index in [0.717, 1.165) is 0 Å². The number of hydrogen-bond donors (Lipinski definition) is 2. The van der Waals surface area contributed by atoms with E-state index in [-0.39, 0.29) is 0 Å². The van der Waals surface area contributed by atoms with Gasteiger partial charge in [-0.25, -0.2) is 4.39 Å². The van der Waals surface area contributed by atoms with Crippen molar-refractivity contribution < 1.29 is 4.39 Å². The molecular formula is C3H4ClFN2. The Kier molecular flexibility index (Phi) is 2.52. The maximum absolute atomic E-state index is 11.7. The molecule has 1 atom stereocenters. The van der Waals surface area contributed by atoms with Gasteiger partial charge in [0.1, 0.15) is 5.17 Å². The van der Waals surface area contributed by atoms with Gasteiger partial charge in [-0.3, -0.25) is 5.41 Å². The lowest BCUT2D eigenvalue weighted by atomic mass is 10.5. The van der Waals surface area contributed by atoms with Crippen LogP contribution in [-0.2, 0) is 0 Å². The molecule has 0 aliphatic carbocycles. The average molecular weight is 123 g/mol. The lowest BCUT2D eigenvalue weighted by Crippen LogP contribution is -2.07. The summed E-state index contributed by atoms with van der Waals surface area (Å²) in [7, 11) is 0. The Hall–Kier alpha value is -0.440. The van der Waals surface area contributed by atoms with Crippen LogP contribution in [0.3, 0.4) is 0 Å². The van der Waals surface area contributed by atoms with Crippen LogP contribution in [0.25, 0.3) is 0 Å². The number of rotatable bonds is 2. The number of alkyl halides is 1. The van der Waals surface area contributed by atoms with Gasteiger partial charge in [-0.15, -0.1) is 0 Å². The topological polar surface area (TPSA) is 47.7 Å². The molecule has 0 aromatic heterocycles. The SMILES string of the molecule is N=CC(F)C(=N)Cl. The predicted octanol–water partition coefficient (Wildman–Crippen LogP) is 1.19. The van der Waals surface area contributed by atoms with Crippen molar-refractivity contribution in [1.29, 1.82) is 10.8 Å². The Morgan fingerprint density at radius 3 is 2.29 bits per heavy atom. The zero-order valence-electron chi connectivity index (χ0n) is 3.41. The fourth-order valence-electron chi connectivity index (χ4n) is 0.0732. The van der Waals surface area contributed by atoms with E-state index in [4.69, 9.17) is 22.4 Å². The van der Waals surface area contributed by atoms with Crippen molar-refractivity contribution in [2.75, 3.05) is 0 Å². The molecule has 0 rings (SSSR count). The van der Waals surface area contributed by atoms with Gasteiger partial charge in [-0.2, -0.15) is 0 Å². The summed E-state index contributed by atoms with van der Waals surface area (Å²) in [6.45, 7) is 0. The van der Waals surface area contributed by atoms with E-state index in [1.54, 1.807) is 0 Å². The van der Waals surface area contributed by atoms with E-state index in [2.05, 4.69) is 0 Å². The third-order valence-electron chi connectivity index (χ3n) is 0.388. The molecule has 0 saturated carbocycles. The third-order valence-corrected chi connectivity index (χ3v) is 0.597. The van der Waals surface area contributed by atoms with E-state index in [0.29, 0.717) is 6.21 Å². The van der Waals surface area contributed by atoms with Crippen LogP contribution in [-0.4, -0.2) is 17.6 Å². The van der Waals surface area contributed by atoms with Gasteiger partial charge in [0.05, 0.1) is 0 Å². The molecule has 0 saturated heterocycles. The summed E-state index contributed by atoms with van der Waals surface area (Å²) < 4.78 is 11.7. The molecular weight excluding hydrogens is 118 g/mol. The van der Waals surface area contributed by atoms with Crippen LogP contribution in [0.15, 0.2) is 0 Å². The molecule has 1 unspecified atom stereocenters. The summed E-state index contributed by atoms with van der Waals surface area (Å²) in [5, 5.41) is 11.9. The highest BCUT2D eigenvalue weighted by atomic mass is 35.5. The zero-order chi connectivity index (χ0) is 5.86. The molecule has 2 N–H and O–H groups in total. The van der Waals surface area contributed by atoms with Crippen molar-refractivity contribution >= 4 is 23.0 Å². The molecule has 0 heterocycles. The van der Waals surface area contributed by atoms with Gasteiger partial charge in [-0.05, 0) is 0 Å². The summed E-state index contributed by atoms with van der Waals surface area (Å²) in [6.07, 6.45) is -1.24. The first-order valence-electron chi connectivity index (χ1n) is 1.57. The Morgan fingerprint density at radius 2 is 2.29 bits per heavy atom. The predicted molar refractivity (Wildman–Crippen MR) is 27.3 cm³/mol. The van der Waals surface area contributed by atoms with Crippen molar-refractivity contribution in [3.63, 3.8) is 0 Å². The highest BCUT2D eigenvalue weighted by Crippen LogP contribution is 1.91. The van der Waals surface area contributed by atoms with Gasteiger partial charge in [0.25, 0.3) is 0 Å². The third kappa shape index (κ3) is 2.28. The lowest BCUT2D eigenvalue weighted by Gasteiger charge is -1.89. The minimum absolute atomic E-state index is 0.468. The maximum Gasteiger partial charge on any atom is 0.186 e. The van der Waals surface area contributed by atoms with Crippen molar-refractivity contribution in [3.05, 3.63) is 0 Å². The first kappa shape index (κ1) is 6.56. The van der Waals surface area contributed by atoms with E-state index < -0.39 is 11.3 Å². The molecule has 0 aromatic carbocycles. The summed E-state index contributed by atoms with van der Waals surface area (Å²) in [5.41, 5.74) is 0. The van der Waals surface area contributed by atoms with Crippen LogP contribution in [0.4, 0.5) is 4.39 Å². The number of hydrogen-bond acceptors (Lipinski definition) is 2. The molecule has 0 fully saturated rings. The van der Waals surface area contributed by atoms with Crippen molar-refractivity contribution in [2.24, 2.45) is 0 Å². The van der Waals surface area contributed by atoms with Crippen LogP contribution in [0, 0.1) is 10.8 Å². The first-order valence-corrected chi connectivity index (χ1v) is 1.95. The molecule has 2 nitrogen and oxygen atoms in total. The average Bonchev–Trinajstić information content (AvgIpc) is 1.65. The van der Waals surface area contributed by atoms with E-state index >= 15 is 0 Å². The Morgan fingerprint density at radius 1 is 1.86 bits per heavy atom. The minimum atomic E-state index is -1.71. The molecule has 0 spiro atoms. The molecule has 40 valence electrons. The van der Waals surface area contributed by atoms with E-state index in [1.165, 1.54) is 0 Å². The standard InChI is InChI=1S/C3H4ClFN2/c4-3(7)2(5)1-6/h1-2,6-7H. The molecule has 4 heteroatoms. The zero-order valence-corrected chi connectivity index (χ0v) is 4.17. The van der Waals surface area contributed by atoms with Crippen LogP contribution >= 0.6 is 11.6 Å². The second kappa shape index (κ2) is 2.69. The largest absolute Gasteiger partial charge is 0.310 e. The van der Waals surface area contributed by atoms with Gasteiger partial charge in [0.15, 0.2) is 6.17 Å². The minimum Gasteiger partial charge on any atom is -0.310 e. The van der Waals surface area contributed by atoms with Crippen LogP contribution in [0.1, 0.15) is 0 Å². The molecule has 0 bridgehead atoms. The molecule has 0 aliphatic rings. The van der Waals surface area contributed by atoms with Gasteiger partial charge < -0.3 is 5.41 Å². The number of nitrogens with one attached hydrogen (secondary N) is 2. The van der Waals surface area contributed by atoms with Crippen molar-refractivity contribution in [1.82, 2.24) is 0 Å². The fourth-order valence-corrected chi connectivity index (χ4v) is 0.136. The molecule has 0 aromatic rings. The number of halogens is 2. The second-order valence-corrected chi connectivity index (χ2v) is 1.32. The Balaban J connectivity index is 3.55. The van der Waals surface area contributed by atoms with Crippen LogP contribution in [0.5, 0.6) is 0 Å². The van der Waals surface area contributed by atoms with Crippen molar-refractivity contribution in [3.8, 4) is 0 Å². The summed E-state index contributed by atoms with van der Waals surface area (Å²) in [4.78, 5) is 0. The van der Waals surface area contributed by atoms with Crippen LogP contribution < -0.4 is 0 Å². The summed E-state index contributed by atoms with van der Waals surface area (Å²) in [5.74, 6) is 0. The monoisotopic (exact) mass is 122 g/mol. The second-order valence-electron chi connectivity index (χ2n) is 0.916. The van der Waals surface area contributed by atoms with Gasteiger partial charge >= 0.3 is 0 Å². The molecule has 0 amide bonds. The Labute approximate surface area is 45.3 Å². The quantitative estimate of drug-likeness (QED) is 0.517. The molecule has 0 radical (unpaired) electrons. The smallest absolute Gasteiger partial charge is 0.186 e. The van der Waals surface area contributed by atoms with Gasteiger partial charge in [0.2, 0.25) is 0 Å². The van der Waals surface area contributed by atoms with Crippen LogP contribution in [0.2, 0.25) is 0 Å². The van der Waals surface area contributed by atoms with E-state index in [9.17, 15) is 4.39 Å². The van der Waals surface area contributed by atoms with Gasteiger partial charge in [0, 0.05) is 6.21 Å². The fraction of sp³-hybridized carbons (Fsp3) is 0.333. The maximum atomic E-state index is 11.7. The highest BCUT2D eigenvalue weighted by Gasteiger charge is 2.03. The Bertz CT molecular complexity index is 92.9. The van der Waals surface area contributed by atoms with Gasteiger partial charge in [-0.1, -0.05) is 11.6 Å². The normalized spacial score (nSPS) is 12.9. The lowest BCUT2D eigenvalue weighted by molar-refractivity contribution is 0.522.